The molecule has 1 aliphatic rings. The largest absolute Gasteiger partial charge is 0.271 e. The van der Waals surface area contributed by atoms with Gasteiger partial charge in [-0.2, -0.15) is 11.8 Å². The Labute approximate surface area is 98.8 Å². The van der Waals surface area contributed by atoms with Gasteiger partial charge in [0.25, 0.3) is 0 Å². The van der Waals surface area contributed by atoms with E-state index in [4.69, 9.17) is 5.84 Å². The zero-order valence-electron chi connectivity index (χ0n) is 8.90. The van der Waals surface area contributed by atoms with Gasteiger partial charge in [-0.15, -0.1) is 11.3 Å². The molecule has 2 unspecified atom stereocenters. The first kappa shape index (κ1) is 11.4. The van der Waals surface area contributed by atoms with Crippen LogP contribution >= 0.6 is 23.1 Å². The molecule has 0 saturated carbocycles. The van der Waals surface area contributed by atoms with E-state index < -0.39 is 0 Å². The number of hydrogen-bond acceptors (Lipinski definition) is 5. The van der Waals surface area contributed by atoms with E-state index >= 15 is 0 Å². The number of thiazole rings is 1. The molecule has 0 aliphatic carbocycles. The van der Waals surface area contributed by atoms with Crippen molar-refractivity contribution < 1.29 is 0 Å². The van der Waals surface area contributed by atoms with Crippen molar-refractivity contribution in [3.05, 3.63) is 16.1 Å². The Hall–Kier alpha value is -0.100. The van der Waals surface area contributed by atoms with Gasteiger partial charge >= 0.3 is 0 Å². The lowest BCUT2D eigenvalue weighted by atomic mass is 10.1. The summed E-state index contributed by atoms with van der Waals surface area (Å²) in [6.45, 7) is 2.04. The molecule has 0 spiro atoms. The Morgan fingerprint density at radius 3 is 3.13 bits per heavy atom. The second kappa shape index (κ2) is 5.30. The first-order valence-corrected chi connectivity index (χ1v) is 7.21. The van der Waals surface area contributed by atoms with Gasteiger partial charge in [-0.05, 0) is 25.5 Å². The summed E-state index contributed by atoms with van der Waals surface area (Å²) >= 11 is 3.77. The van der Waals surface area contributed by atoms with E-state index in [1.807, 2.05) is 18.7 Å². The Kier molecular flexibility index (Phi) is 4.02. The van der Waals surface area contributed by atoms with Crippen LogP contribution in [0.1, 0.15) is 23.5 Å². The molecule has 0 amide bonds. The third-order valence-electron chi connectivity index (χ3n) is 2.69. The zero-order valence-corrected chi connectivity index (χ0v) is 10.5. The molecule has 15 heavy (non-hydrogen) atoms. The zero-order chi connectivity index (χ0) is 10.7. The Morgan fingerprint density at radius 2 is 2.60 bits per heavy atom. The van der Waals surface area contributed by atoms with E-state index in [2.05, 4.69) is 15.8 Å². The number of hydrazine groups is 1. The van der Waals surface area contributed by atoms with Crippen LogP contribution in [0.5, 0.6) is 0 Å². The number of nitrogens with zero attached hydrogens (tertiary/aromatic N) is 1. The number of nitrogens with two attached hydrogens (primary N) is 1. The fourth-order valence-electron chi connectivity index (χ4n) is 1.90. The van der Waals surface area contributed by atoms with Gasteiger partial charge in [-0.25, -0.2) is 4.98 Å². The minimum absolute atomic E-state index is 0.378. The normalized spacial score (nSPS) is 23.2. The lowest BCUT2D eigenvalue weighted by molar-refractivity contribution is 0.495. The number of nitrogens with one attached hydrogen (secondary N) is 1. The van der Waals surface area contributed by atoms with Crippen LogP contribution in [0.4, 0.5) is 0 Å². The topological polar surface area (TPSA) is 50.9 Å². The summed E-state index contributed by atoms with van der Waals surface area (Å²) in [5.41, 5.74) is 4.06. The Morgan fingerprint density at radius 1 is 1.73 bits per heavy atom. The van der Waals surface area contributed by atoms with E-state index in [-0.39, 0.29) is 0 Å². The van der Waals surface area contributed by atoms with E-state index in [0.29, 0.717) is 11.3 Å². The molecule has 1 saturated heterocycles. The van der Waals surface area contributed by atoms with E-state index in [9.17, 15) is 0 Å². The van der Waals surface area contributed by atoms with Crippen molar-refractivity contribution in [2.24, 2.45) is 5.84 Å². The van der Waals surface area contributed by atoms with Crippen LogP contribution in [-0.2, 0) is 6.42 Å². The number of hydrogen-bond donors (Lipinski definition) is 2. The van der Waals surface area contributed by atoms with Gasteiger partial charge in [-0.3, -0.25) is 11.3 Å². The number of aromatic nitrogens is 1. The summed E-state index contributed by atoms with van der Waals surface area (Å²) < 4.78 is 0. The molecule has 0 aromatic carbocycles. The molecule has 1 aromatic rings. The van der Waals surface area contributed by atoms with E-state index in [1.54, 1.807) is 11.3 Å². The highest BCUT2D eigenvalue weighted by atomic mass is 32.2. The second-order valence-corrected chi connectivity index (χ2v) is 6.20. The Bertz CT molecular complexity index is 307. The fourth-order valence-corrected chi connectivity index (χ4v) is 4.11. The van der Waals surface area contributed by atoms with Crippen molar-refractivity contribution >= 4 is 23.1 Å². The van der Waals surface area contributed by atoms with Crippen molar-refractivity contribution in [3.8, 4) is 0 Å². The smallest absolute Gasteiger partial charge is 0.0944 e. The number of rotatable bonds is 4. The highest BCUT2D eigenvalue weighted by molar-refractivity contribution is 8.00. The highest BCUT2D eigenvalue weighted by Gasteiger charge is 2.25. The van der Waals surface area contributed by atoms with Crippen molar-refractivity contribution in [2.75, 3.05) is 5.75 Å². The molecule has 84 valence electrons. The summed E-state index contributed by atoms with van der Waals surface area (Å²) in [4.78, 5) is 4.48. The minimum atomic E-state index is 0.378. The monoisotopic (exact) mass is 243 g/mol. The maximum absolute atomic E-state index is 5.62. The number of aryl methyl sites for hydroxylation is 1. The summed E-state index contributed by atoms with van der Waals surface area (Å²) in [6, 6.07) is 0.378. The van der Waals surface area contributed by atoms with Crippen LogP contribution in [0, 0.1) is 6.92 Å². The SMILES string of the molecule is Cc1csc(CC(NN)C2CCCS2)n1. The summed E-state index contributed by atoms with van der Waals surface area (Å²) in [5.74, 6) is 6.90. The van der Waals surface area contributed by atoms with Gasteiger partial charge in [-0.1, -0.05) is 0 Å². The molecule has 3 N–H and O–H groups in total. The maximum Gasteiger partial charge on any atom is 0.0944 e. The molecular formula is C10H17N3S2. The minimum Gasteiger partial charge on any atom is -0.271 e. The van der Waals surface area contributed by atoms with Crippen LogP contribution in [0.3, 0.4) is 0 Å². The van der Waals surface area contributed by atoms with Crippen LogP contribution in [-0.4, -0.2) is 22.0 Å². The molecule has 3 nitrogen and oxygen atoms in total. The van der Waals surface area contributed by atoms with Gasteiger partial charge in [0.05, 0.1) is 5.01 Å². The summed E-state index contributed by atoms with van der Waals surface area (Å²) in [5, 5.41) is 3.96. The van der Waals surface area contributed by atoms with Crippen molar-refractivity contribution in [1.82, 2.24) is 10.4 Å². The molecule has 1 aromatic heterocycles. The second-order valence-electron chi connectivity index (χ2n) is 3.91. The van der Waals surface area contributed by atoms with Gasteiger partial charge < -0.3 is 0 Å². The average molecular weight is 243 g/mol. The van der Waals surface area contributed by atoms with Crippen molar-refractivity contribution in [3.63, 3.8) is 0 Å². The molecule has 1 fully saturated rings. The lowest BCUT2D eigenvalue weighted by Crippen LogP contribution is -2.43. The summed E-state index contributed by atoms with van der Waals surface area (Å²) in [7, 11) is 0. The molecule has 0 radical (unpaired) electrons. The predicted octanol–water partition coefficient (Wildman–Crippen LogP) is 1.72. The van der Waals surface area contributed by atoms with Gasteiger partial charge in [0.1, 0.15) is 0 Å². The Balaban J connectivity index is 1.95. The third-order valence-corrected chi connectivity index (χ3v) is 5.19. The van der Waals surface area contributed by atoms with E-state index in [1.165, 1.54) is 23.6 Å². The maximum atomic E-state index is 5.62. The van der Waals surface area contributed by atoms with Gasteiger partial charge in [0.2, 0.25) is 0 Å². The average Bonchev–Trinajstić information content (AvgIpc) is 2.85. The summed E-state index contributed by atoms with van der Waals surface area (Å²) in [6.07, 6.45) is 3.57. The van der Waals surface area contributed by atoms with Gasteiger partial charge in [0, 0.05) is 28.8 Å². The van der Waals surface area contributed by atoms with Crippen LogP contribution < -0.4 is 11.3 Å². The standard InChI is InChI=1S/C10H17N3S2/c1-7-6-15-10(12-7)5-8(13-11)9-3-2-4-14-9/h6,8-9,13H,2-5,11H2,1H3. The van der Waals surface area contributed by atoms with Gasteiger partial charge in [0.15, 0.2) is 0 Å². The molecule has 0 bridgehead atoms. The van der Waals surface area contributed by atoms with Crippen LogP contribution in [0.25, 0.3) is 0 Å². The van der Waals surface area contributed by atoms with Crippen molar-refractivity contribution in [1.29, 1.82) is 0 Å². The van der Waals surface area contributed by atoms with Crippen molar-refractivity contribution in [2.45, 2.75) is 37.5 Å². The molecule has 5 heteroatoms. The van der Waals surface area contributed by atoms with Crippen LogP contribution in [0.2, 0.25) is 0 Å². The fraction of sp³-hybridized carbons (Fsp3) is 0.700. The predicted molar refractivity (Wildman–Crippen MR) is 67.1 cm³/mol. The molecule has 2 atom stereocenters. The quantitative estimate of drug-likeness (QED) is 0.624. The first-order valence-electron chi connectivity index (χ1n) is 5.28. The molecule has 2 rings (SSSR count). The molecular weight excluding hydrogens is 226 g/mol. The highest BCUT2D eigenvalue weighted by Crippen LogP contribution is 2.30. The number of thioether (sulfide) groups is 1. The molecule has 2 heterocycles. The first-order chi connectivity index (χ1) is 7.29. The van der Waals surface area contributed by atoms with Crippen LogP contribution in [0.15, 0.2) is 5.38 Å². The molecule has 1 aliphatic heterocycles. The lowest BCUT2D eigenvalue weighted by Gasteiger charge is -2.20. The van der Waals surface area contributed by atoms with E-state index in [0.717, 1.165) is 12.1 Å². The third kappa shape index (κ3) is 2.93.